The van der Waals surface area contributed by atoms with E-state index in [9.17, 15) is 19.5 Å². The van der Waals surface area contributed by atoms with E-state index >= 15 is 0 Å². The van der Waals surface area contributed by atoms with Gasteiger partial charge in [-0.25, -0.2) is 0 Å². The van der Waals surface area contributed by atoms with E-state index in [4.69, 9.17) is 0 Å². The van der Waals surface area contributed by atoms with Crippen LogP contribution in [0, 0.1) is 0 Å². The minimum atomic E-state index is -4.55. The van der Waals surface area contributed by atoms with E-state index in [0.717, 1.165) is 38.5 Å². The summed E-state index contributed by atoms with van der Waals surface area (Å²) in [5, 5.41) is 8.57. The third-order valence-corrected chi connectivity index (χ3v) is 6.22. The number of aliphatic hydroxyl groups is 1. The first kappa shape index (κ1) is 27.5. The van der Waals surface area contributed by atoms with E-state index in [1.165, 1.54) is 25.7 Å². The minimum Gasteiger partial charge on any atom is -0.373 e. The molecule has 0 fully saturated rings. The van der Waals surface area contributed by atoms with Crippen molar-refractivity contribution in [3.8, 4) is 0 Å². The molecular formula is C22H45NO4P+. The molecule has 6 heteroatoms. The Kier molecular flexibility index (Phi) is 14.3. The fourth-order valence-electron chi connectivity index (χ4n) is 3.28. The lowest BCUT2D eigenvalue weighted by Crippen LogP contribution is -2.49. The molecule has 28 heavy (non-hydrogen) atoms. The van der Waals surface area contributed by atoms with Gasteiger partial charge in [0.2, 0.25) is 5.34 Å². The van der Waals surface area contributed by atoms with Crippen LogP contribution in [0.25, 0.3) is 0 Å². The molecule has 0 aromatic rings. The second kappa shape index (κ2) is 14.5. The standard InChI is InChI=1S/C22H44NO4P/c1-5-6-7-8-9-10-11-12-13-14-15-16-17-18-19-20-22(24,28(25,26)27)21-23(2,3)4/h9-10,13-14,24H,5-8,11-12,15-21H2,1-4H3,(H-,25,26,27)/p+1/b10-9-,14-13-. The highest BCUT2D eigenvalue weighted by Crippen LogP contribution is 2.52. The van der Waals surface area contributed by atoms with Crippen molar-refractivity contribution in [2.75, 3.05) is 27.7 Å². The molecule has 5 nitrogen and oxygen atoms in total. The molecule has 0 aliphatic carbocycles. The molecule has 0 bridgehead atoms. The quantitative estimate of drug-likeness (QED) is 0.128. The van der Waals surface area contributed by atoms with Gasteiger partial charge < -0.3 is 19.4 Å². The van der Waals surface area contributed by atoms with Crippen LogP contribution in [0.5, 0.6) is 0 Å². The van der Waals surface area contributed by atoms with Gasteiger partial charge in [-0.05, 0) is 51.4 Å². The summed E-state index contributed by atoms with van der Waals surface area (Å²) < 4.78 is 12.1. The number of unbranched alkanes of at least 4 members (excludes halogenated alkanes) is 8. The molecule has 3 N–H and O–H groups in total. The topological polar surface area (TPSA) is 77.8 Å². The first-order valence-electron chi connectivity index (χ1n) is 10.9. The zero-order valence-electron chi connectivity index (χ0n) is 18.6. The maximum absolute atomic E-state index is 11.7. The van der Waals surface area contributed by atoms with Gasteiger partial charge in [0.15, 0.2) is 0 Å². The van der Waals surface area contributed by atoms with Crippen molar-refractivity contribution in [3.05, 3.63) is 24.3 Å². The second-order valence-corrected chi connectivity index (χ2v) is 10.9. The summed E-state index contributed by atoms with van der Waals surface area (Å²) in [6, 6.07) is 0. The van der Waals surface area contributed by atoms with Crippen molar-refractivity contribution in [1.29, 1.82) is 0 Å². The second-order valence-electron chi connectivity index (χ2n) is 8.94. The minimum absolute atomic E-state index is 0.0487. The van der Waals surface area contributed by atoms with E-state index in [1.807, 2.05) is 21.1 Å². The molecule has 0 aliphatic heterocycles. The molecule has 166 valence electrons. The van der Waals surface area contributed by atoms with Crippen LogP contribution >= 0.6 is 7.60 Å². The van der Waals surface area contributed by atoms with Crippen LogP contribution in [0.1, 0.15) is 84.0 Å². The largest absolute Gasteiger partial charge is 0.373 e. The lowest BCUT2D eigenvalue weighted by atomic mass is 10.1. The van der Waals surface area contributed by atoms with E-state index in [1.54, 1.807) is 0 Å². The Labute approximate surface area is 173 Å². The maximum atomic E-state index is 11.7. The van der Waals surface area contributed by atoms with Gasteiger partial charge in [-0.1, -0.05) is 56.9 Å². The van der Waals surface area contributed by atoms with Gasteiger partial charge in [0, 0.05) is 0 Å². The van der Waals surface area contributed by atoms with Gasteiger partial charge in [-0.2, -0.15) is 0 Å². The van der Waals surface area contributed by atoms with Crippen LogP contribution in [0.4, 0.5) is 0 Å². The summed E-state index contributed by atoms with van der Waals surface area (Å²) in [7, 11) is 0.937. The monoisotopic (exact) mass is 418 g/mol. The summed E-state index contributed by atoms with van der Waals surface area (Å²) in [4.78, 5) is 19.1. The predicted octanol–water partition coefficient (Wildman–Crippen LogP) is 5.37. The Balaban J connectivity index is 3.85. The lowest BCUT2D eigenvalue weighted by Gasteiger charge is -2.35. The average molecular weight is 419 g/mol. The van der Waals surface area contributed by atoms with Crippen molar-refractivity contribution in [2.24, 2.45) is 0 Å². The fourth-order valence-corrected chi connectivity index (χ4v) is 4.33. The number of hydrogen-bond donors (Lipinski definition) is 3. The number of nitrogens with zero attached hydrogens (tertiary/aromatic N) is 1. The lowest BCUT2D eigenvalue weighted by molar-refractivity contribution is -0.875. The summed E-state index contributed by atoms with van der Waals surface area (Å²) >= 11 is 0. The Morgan fingerprint density at radius 3 is 1.71 bits per heavy atom. The van der Waals surface area contributed by atoms with Crippen molar-refractivity contribution in [2.45, 2.75) is 89.3 Å². The average Bonchev–Trinajstić information content (AvgIpc) is 2.56. The van der Waals surface area contributed by atoms with E-state index < -0.39 is 12.9 Å². The molecule has 1 atom stereocenters. The van der Waals surface area contributed by atoms with Crippen LogP contribution in [-0.4, -0.2) is 52.4 Å². The number of allylic oxidation sites excluding steroid dienone is 4. The molecule has 0 rings (SSSR count). The van der Waals surface area contributed by atoms with Crippen LogP contribution in [-0.2, 0) is 4.57 Å². The fraction of sp³-hybridized carbons (Fsp3) is 0.818. The molecule has 0 saturated carbocycles. The van der Waals surface area contributed by atoms with E-state index in [-0.39, 0.29) is 13.0 Å². The SMILES string of the molecule is CCCCC/C=C\CC/C=C\CCCCCCC(O)(C[N+](C)(C)C)P(=O)(O)O. The number of hydrogen-bond acceptors (Lipinski definition) is 2. The molecule has 0 saturated heterocycles. The molecule has 0 aliphatic rings. The van der Waals surface area contributed by atoms with Gasteiger partial charge in [0.05, 0.1) is 21.1 Å². The number of likely N-dealkylation sites (N-methyl/N-ethyl adjacent to an activating group) is 1. The van der Waals surface area contributed by atoms with Crippen molar-refractivity contribution in [1.82, 2.24) is 0 Å². The highest BCUT2D eigenvalue weighted by atomic mass is 31.2. The Hall–Kier alpha value is -0.450. The normalized spacial score (nSPS) is 15.5. The molecule has 0 aromatic carbocycles. The third-order valence-electron chi connectivity index (χ3n) is 4.78. The van der Waals surface area contributed by atoms with Crippen LogP contribution in [0.2, 0.25) is 0 Å². The van der Waals surface area contributed by atoms with Crippen molar-refractivity contribution in [3.63, 3.8) is 0 Å². The molecule has 0 amide bonds. The summed E-state index contributed by atoms with van der Waals surface area (Å²) in [6.07, 6.45) is 21.1. The van der Waals surface area contributed by atoms with Gasteiger partial charge in [-0.15, -0.1) is 0 Å². The first-order chi connectivity index (χ1) is 13.0. The number of quaternary nitrogens is 1. The Bertz CT molecular complexity index is 493. The van der Waals surface area contributed by atoms with E-state index in [0.29, 0.717) is 10.9 Å². The number of rotatable bonds is 17. The third kappa shape index (κ3) is 14.5. The highest BCUT2D eigenvalue weighted by molar-refractivity contribution is 7.53. The molecule has 0 heterocycles. The van der Waals surface area contributed by atoms with Crippen LogP contribution in [0.15, 0.2) is 24.3 Å². The zero-order valence-corrected chi connectivity index (χ0v) is 19.5. The molecule has 0 radical (unpaired) electrons. The molecule has 1 unspecified atom stereocenters. The molecular weight excluding hydrogens is 373 g/mol. The smallest absolute Gasteiger partial charge is 0.362 e. The van der Waals surface area contributed by atoms with Gasteiger partial charge in [0.25, 0.3) is 0 Å². The Morgan fingerprint density at radius 1 is 0.786 bits per heavy atom. The summed E-state index contributed by atoms with van der Waals surface area (Å²) in [5.41, 5.74) is 0. The van der Waals surface area contributed by atoms with E-state index in [2.05, 4.69) is 31.2 Å². The highest BCUT2D eigenvalue weighted by Gasteiger charge is 2.48. The maximum Gasteiger partial charge on any atom is 0.362 e. The summed E-state index contributed by atoms with van der Waals surface area (Å²) in [5.74, 6) is 0. The molecule has 0 aromatic heterocycles. The molecule has 0 spiro atoms. The first-order valence-corrected chi connectivity index (χ1v) is 12.5. The Morgan fingerprint density at radius 2 is 1.25 bits per heavy atom. The van der Waals surface area contributed by atoms with Crippen LogP contribution in [0.3, 0.4) is 0 Å². The van der Waals surface area contributed by atoms with Crippen LogP contribution < -0.4 is 0 Å². The van der Waals surface area contributed by atoms with Gasteiger partial charge in [-0.3, -0.25) is 4.57 Å². The van der Waals surface area contributed by atoms with Crippen molar-refractivity contribution >= 4 is 7.60 Å². The predicted molar refractivity (Wildman–Crippen MR) is 119 cm³/mol. The van der Waals surface area contributed by atoms with Gasteiger partial charge in [0.1, 0.15) is 6.54 Å². The van der Waals surface area contributed by atoms with Crippen molar-refractivity contribution < 1.29 is 23.9 Å². The summed E-state index contributed by atoms with van der Waals surface area (Å²) in [6.45, 7) is 2.27. The van der Waals surface area contributed by atoms with Gasteiger partial charge >= 0.3 is 7.60 Å². The zero-order chi connectivity index (χ0) is 21.5.